The molecular weight excluding hydrogens is 160 g/mol. The Morgan fingerprint density at radius 1 is 1.56 bits per heavy atom. The molecule has 1 N–H and O–H groups in total. The molecule has 2 heterocycles. The van der Waals surface area contributed by atoms with Gasteiger partial charge in [-0.2, -0.15) is 0 Å². The summed E-state index contributed by atoms with van der Waals surface area (Å²) in [7, 11) is 0. The normalized spacial score (nSPS) is 20.4. The van der Waals surface area contributed by atoms with Crippen molar-refractivity contribution in [3.63, 3.8) is 0 Å². The Bertz CT molecular complexity index is 208. The van der Waals surface area contributed by atoms with Crippen LogP contribution in [0.15, 0.2) is 15.4 Å². The third kappa shape index (κ3) is 0.972. The highest BCUT2D eigenvalue weighted by molar-refractivity contribution is 8.15. The third-order valence-electron chi connectivity index (χ3n) is 0.931. The van der Waals surface area contributed by atoms with Gasteiger partial charge in [-0.05, 0) is 0 Å². The number of hydrogen-bond donors (Lipinski definition) is 1. The molecule has 0 aromatic heterocycles. The molecule has 0 bridgehead atoms. The number of thioether (sulfide) groups is 1. The van der Waals surface area contributed by atoms with Crippen LogP contribution in [0.5, 0.6) is 0 Å². The molecule has 0 aromatic carbocycles. The van der Waals surface area contributed by atoms with E-state index in [4.69, 9.17) is 0 Å². The van der Waals surface area contributed by atoms with Gasteiger partial charge in [-0.15, -0.1) is 0 Å². The number of halogens is 1. The molecule has 6 heteroatoms. The average molecular weight is 163 g/mol. The topological polar surface area (TPSA) is 51.0 Å². The first-order valence-electron chi connectivity index (χ1n) is 2.19. The lowest BCUT2D eigenvalue weighted by Crippen LogP contribution is -3.00. The fourth-order valence-corrected chi connectivity index (χ4v) is 1.27. The number of nitrogens with zero attached hydrogens (tertiary/aromatic N) is 3. The standard InChI is InChI=1S/C3H2N4S.ClH/c1-4-2-3(8-1)6-7-5-2;/h1H2;1H. The molecule has 2 rings (SSSR count). The highest BCUT2D eigenvalue weighted by atomic mass is 35.5. The Hall–Kier alpha value is -0.420. The molecule has 0 radical (unpaired) electrons. The molecule has 0 unspecified atom stereocenters. The molecule has 0 amide bonds. The highest BCUT2D eigenvalue weighted by Crippen LogP contribution is 2.09. The summed E-state index contributed by atoms with van der Waals surface area (Å²) in [5, 5.41) is 11.8. The average Bonchev–Trinajstić information content (AvgIpc) is 2.15. The van der Waals surface area contributed by atoms with Gasteiger partial charge in [0.05, 0.1) is 5.22 Å². The Morgan fingerprint density at radius 2 is 2.44 bits per heavy atom. The second-order valence-corrected chi connectivity index (χ2v) is 2.37. The maximum Gasteiger partial charge on any atom is 0.381 e. The van der Waals surface area contributed by atoms with Gasteiger partial charge in [0.1, 0.15) is 11.0 Å². The summed E-state index contributed by atoms with van der Waals surface area (Å²) in [6.45, 7) is 0. The van der Waals surface area contributed by atoms with E-state index in [1.165, 1.54) is 0 Å². The first kappa shape index (κ1) is 6.70. The van der Waals surface area contributed by atoms with Gasteiger partial charge in [0.25, 0.3) is 0 Å². The lowest BCUT2D eigenvalue weighted by molar-refractivity contribution is -0.428. The summed E-state index contributed by atoms with van der Waals surface area (Å²) in [6, 6.07) is 0. The molecule has 0 aliphatic carbocycles. The van der Waals surface area contributed by atoms with Gasteiger partial charge in [0, 0.05) is 0 Å². The van der Waals surface area contributed by atoms with E-state index in [-0.39, 0.29) is 12.4 Å². The Kier molecular flexibility index (Phi) is 1.82. The van der Waals surface area contributed by atoms with E-state index in [2.05, 4.69) is 20.4 Å². The monoisotopic (exact) mass is 162 g/mol. The predicted octanol–water partition coefficient (Wildman–Crippen LogP) is -4.05. The Balaban J connectivity index is 0.000000405. The van der Waals surface area contributed by atoms with Gasteiger partial charge in [-0.3, -0.25) is 4.99 Å². The maximum absolute atomic E-state index is 3.74. The minimum atomic E-state index is 0. The molecule has 2 aliphatic heterocycles. The van der Waals surface area contributed by atoms with E-state index in [1.54, 1.807) is 11.8 Å². The number of hydrogen-bond acceptors (Lipinski definition) is 4. The zero-order valence-electron chi connectivity index (χ0n) is 4.33. The lowest BCUT2D eigenvalue weighted by Gasteiger charge is -1.70. The zero-order valence-corrected chi connectivity index (χ0v) is 5.91. The van der Waals surface area contributed by atoms with Crippen molar-refractivity contribution in [3.05, 3.63) is 0 Å². The van der Waals surface area contributed by atoms with Crippen LogP contribution in [-0.4, -0.2) is 16.8 Å². The fourth-order valence-electron chi connectivity index (χ4n) is 0.579. The summed E-state index contributed by atoms with van der Waals surface area (Å²) in [5.74, 6) is 1.71. The van der Waals surface area contributed by atoms with E-state index >= 15 is 0 Å². The van der Waals surface area contributed by atoms with Gasteiger partial charge >= 0.3 is 5.84 Å². The summed E-state index contributed by atoms with van der Waals surface area (Å²) in [4.78, 5) is 3.01. The number of fused-ring (bicyclic) bond motifs is 1. The van der Waals surface area contributed by atoms with Crippen molar-refractivity contribution in [1.82, 2.24) is 0 Å². The third-order valence-corrected chi connectivity index (χ3v) is 1.77. The largest absolute Gasteiger partial charge is 1.00 e. The van der Waals surface area contributed by atoms with Crippen molar-refractivity contribution in [1.29, 1.82) is 0 Å². The summed E-state index contributed by atoms with van der Waals surface area (Å²) < 4.78 is 0. The molecule has 0 saturated carbocycles. The first-order chi connectivity index (χ1) is 3.97. The van der Waals surface area contributed by atoms with Crippen LogP contribution >= 0.6 is 11.8 Å². The quantitative estimate of drug-likeness (QED) is 0.388. The second kappa shape index (κ2) is 2.45. The molecule has 0 saturated heterocycles. The molecule has 0 spiro atoms. The van der Waals surface area contributed by atoms with E-state index in [0.29, 0.717) is 0 Å². The molecule has 9 heavy (non-hydrogen) atoms. The number of amidine groups is 1. The molecule has 4 nitrogen and oxygen atoms in total. The van der Waals surface area contributed by atoms with Crippen LogP contribution in [0.4, 0.5) is 0 Å². The number of nitrogens with one attached hydrogen (secondary N) is 1. The van der Waals surface area contributed by atoms with E-state index in [0.717, 1.165) is 16.8 Å². The summed E-state index contributed by atoms with van der Waals surface area (Å²) >= 11 is 1.63. The van der Waals surface area contributed by atoms with Crippen molar-refractivity contribution in [3.8, 4) is 0 Å². The van der Waals surface area contributed by atoms with E-state index < -0.39 is 0 Å². The van der Waals surface area contributed by atoms with Gasteiger partial charge in [-0.25, -0.2) is 0 Å². The van der Waals surface area contributed by atoms with Crippen LogP contribution in [0.1, 0.15) is 0 Å². The van der Waals surface area contributed by atoms with Gasteiger partial charge in [-0.1, -0.05) is 16.9 Å². The van der Waals surface area contributed by atoms with E-state index in [9.17, 15) is 0 Å². The van der Waals surface area contributed by atoms with Crippen LogP contribution < -0.4 is 17.4 Å². The highest BCUT2D eigenvalue weighted by Gasteiger charge is 2.28. The molecule has 2 aliphatic rings. The summed E-state index contributed by atoms with van der Waals surface area (Å²) in [5.41, 5.74) is 0. The molecule has 0 fully saturated rings. The molecule has 0 aromatic rings. The van der Waals surface area contributed by atoms with Crippen molar-refractivity contribution < 1.29 is 17.4 Å². The molecule has 48 valence electrons. The fraction of sp³-hybridized carbons (Fsp3) is 0.333. The first-order valence-corrected chi connectivity index (χ1v) is 3.18. The number of rotatable bonds is 0. The van der Waals surface area contributed by atoms with Crippen LogP contribution in [0, 0.1) is 0 Å². The zero-order chi connectivity index (χ0) is 5.40. The second-order valence-electron chi connectivity index (χ2n) is 1.41. The van der Waals surface area contributed by atoms with Crippen molar-refractivity contribution in [2.45, 2.75) is 0 Å². The predicted molar refractivity (Wildman–Crippen MR) is 30.7 cm³/mol. The summed E-state index contributed by atoms with van der Waals surface area (Å²) in [6.07, 6.45) is 0. The van der Waals surface area contributed by atoms with E-state index in [1.807, 2.05) is 0 Å². The lowest BCUT2D eigenvalue weighted by atomic mass is 10.7. The van der Waals surface area contributed by atoms with Gasteiger partial charge in [0.2, 0.25) is 5.04 Å². The molecular formula is C3H3ClN4S. The van der Waals surface area contributed by atoms with Gasteiger partial charge in [0.15, 0.2) is 0 Å². The van der Waals surface area contributed by atoms with Crippen molar-refractivity contribution >= 4 is 22.6 Å². The minimum absolute atomic E-state index is 0. The Morgan fingerprint density at radius 3 is 3.22 bits per heavy atom. The van der Waals surface area contributed by atoms with Gasteiger partial charge < -0.3 is 12.4 Å². The van der Waals surface area contributed by atoms with Crippen molar-refractivity contribution in [2.24, 2.45) is 15.4 Å². The maximum atomic E-state index is 3.74. The van der Waals surface area contributed by atoms with Crippen LogP contribution in [-0.2, 0) is 0 Å². The Labute approximate surface area is 61.9 Å². The van der Waals surface area contributed by atoms with Crippen molar-refractivity contribution in [2.75, 3.05) is 5.88 Å². The van der Waals surface area contributed by atoms with Crippen LogP contribution in [0.2, 0.25) is 0 Å². The van der Waals surface area contributed by atoms with Crippen LogP contribution in [0.3, 0.4) is 0 Å². The minimum Gasteiger partial charge on any atom is -1.00 e. The van der Waals surface area contributed by atoms with Crippen LogP contribution in [0.25, 0.3) is 0 Å². The smallest absolute Gasteiger partial charge is 0.381 e. The SMILES string of the molecule is C1[NH+]=C2N=NN=C2S1.[Cl-]. The molecule has 0 atom stereocenters.